The summed E-state index contributed by atoms with van der Waals surface area (Å²) in [7, 11) is -1.28. The van der Waals surface area contributed by atoms with Gasteiger partial charge in [-0.2, -0.15) is 26.3 Å². The minimum Gasteiger partial charge on any atom is -0.423 e. The lowest BCUT2D eigenvalue weighted by Crippen LogP contribution is -2.29. The number of carbonyl (C=O) groups is 1. The third-order valence-corrected chi connectivity index (χ3v) is 4.48. The van der Waals surface area contributed by atoms with E-state index in [1.165, 1.54) is 12.1 Å². The topological polar surface area (TPSA) is 58.6 Å². The van der Waals surface area contributed by atoms with Crippen molar-refractivity contribution in [3.63, 3.8) is 0 Å². The van der Waals surface area contributed by atoms with Crippen molar-refractivity contribution in [3.05, 3.63) is 58.7 Å². The van der Waals surface area contributed by atoms with E-state index >= 15 is 0 Å². The van der Waals surface area contributed by atoms with Gasteiger partial charge in [-0.1, -0.05) is 6.07 Å². The van der Waals surface area contributed by atoms with Gasteiger partial charge in [0.1, 0.15) is 0 Å². The molecule has 29 heavy (non-hydrogen) atoms. The van der Waals surface area contributed by atoms with E-state index in [-0.39, 0.29) is 11.8 Å². The average Bonchev–Trinajstić information content (AvgIpc) is 2.81. The number of fused-ring (bicyclic) bond motifs is 1. The van der Waals surface area contributed by atoms with Crippen LogP contribution in [0.5, 0.6) is 0 Å². The van der Waals surface area contributed by atoms with Crippen LogP contribution < -0.4 is 10.8 Å². The lowest BCUT2D eigenvalue weighted by molar-refractivity contribution is -0.143. The Morgan fingerprint density at radius 1 is 1.00 bits per heavy atom. The van der Waals surface area contributed by atoms with Crippen LogP contribution >= 0.6 is 0 Å². The highest BCUT2D eigenvalue weighted by atomic mass is 19.4. The molecule has 0 radical (unpaired) electrons. The summed E-state index contributed by atoms with van der Waals surface area (Å²) in [5, 5.41) is 12.2. The van der Waals surface area contributed by atoms with E-state index in [2.05, 4.69) is 5.32 Å². The molecule has 0 spiro atoms. The first-order chi connectivity index (χ1) is 13.2. The van der Waals surface area contributed by atoms with Gasteiger partial charge in [0.25, 0.3) is 5.91 Å². The number of rotatable bonds is 2. The molecule has 1 amide bonds. The van der Waals surface area contributed by atoms with Crippen LogP contribution in [0.4, 0.5) is 32.0 Å². The van der Waals surface area contributed by atoms with Gasteiger partial charge >= 0.3 is 19.5 Å². The minimum absolute atomic E-state index is 0.0536. The summed E-state index contributed by atoms with van der Waals surface area (Å²) >= 11 is 0. The lowest BCUT2D eigenvalue weighted by Gasteiger charge is -2.19. The van der Waals surface area contributed by atoms with Crippen molar-refractivity contribution < 1.29 is 40.8 Å². The standard InChI is InChI=1S/C18H14BF6NO3/c1-16(2)13-4-3-12(8-14(13)19(28)29-16)26-15(27)9-5-10(17(20,21)22)7-11(6-9)18(23,24)25/h3-8,28H,1-2H3,(H,26,27). The van der Waals surface area contributed by atoms with Crippen LogP contribution in [0.2, 0.25) is 0 Å². The fourth-order valence-electron chi connectivity index (χ4n) is 3.09. The van der Waals surface area contributed by atoms with Gasteiger partial charge in [-0.05, 0) is 55.2 Å². The molecule has 11 heteroatoms. The molecule has 154 valence electrons. The molecular formula is C18H14BF6NO3. The van der Waals surface area contributed by atoms with E-state index in [4.69, 9.17) is 4.65 Å². The fraction of sp³-hybridized carbons (Fsp3) is 0.278. The highest BCUT2D eigenvalue weighted by Gasteiger charge is 2.41. The molecule has 0 saturated carbocycles. The fourth-order valence-corrected chi connectivity index (χ4v) is 3.09. The summed E-state index contributed by atoms with van der Waals surface area (Å²) in [6.45, 7) is 3.42. The van der Waals surface area contributed by atoms with E-state index in [1.807, 2.05) is 0 Å². The smallest absolute Gasteiger partial charge is 0.423 e. The number of benzene rings is 2. The first-order valence-electron chi connectivity index (χ1n) is 8.29. The van der Waals surface area contributed by atoms with E-state index < -0.39 is 47.7 Å². The number of halogens is 6. The van der Waals surface area contributed by atoms with Crippen LogP contribution in [0.15, 0.2) is 36.4 Å². The van der Waals surface area contributed by atoms with Crippen molar-refractivity contribution in [1.82, 2.24) is 0 Å². The van der Waals surface area contributed by atoms with Gasteiger partial charge in [0.2, 0.25) is 0 Å². The monoisotopic (exact) mass is 417 g/mol. The van der Waals surface area contributed by atoms with Crippen LogP contribution in [0, 0.1) is 0 Å². The van der Waals surface area contributed by atoms with Crippen LogP contribution in [-0.4, -0.2) is 18.0 Å². The summed E-state index contributed by atoms with van der Waals surface area (Å²) < 4.78 is 83.1. The van der Waals surface area contributed by atoms with E-state index in [0.717, 1.165) is 0 Å². The summed E-state index contributed by atoms with van der Waals surface area (Å²) in [4.78, 5) is 12.3. The van der Waals surface area contributed by atoms with Crippen molar-refractivity contribution in [2.45, 2.75) is 31.8 Å². The second-order valence-electron chi connectivity index (χ2n) is 7.03. The summed E-state index contributed by atoms with van der Waals surface area (Å²) in [5.74, 6) is -1.16. The molecule has 2 aromatic carbocycles. The van der Waals surface area contributed by atoms with Gasteiger partial charge in [-0.15, -0.1) is 0 Å². The van der Waals surface area contributed by atoms with Crippen molar-refractivity contribution >= 4 is 24.2 Å². The molecular weight excluding hydrogens is 403 g/mol. The molecule has 0 atom stereocenters. The Bertz CT molecular complexity index is 939. The molecule has 0 fully saturated rings. The zero-order valence-corrected chi connectivity index (χ0v) is 15.1. The number of amides is 1. The van der Waals surface area contributed by atoms with Crippen molar-refractivity contribution in [2.75, 3.05) is 5.32 Å². The maximum absolute atomic E-state index is 13.0. The minimum atomic E-state index is -5.06. The molecule has 1 heterocycles. The molecule has 0 saturated heterocycles. The largest absolute Gasteiger partial charge is 0.492 e. The average molecular weight is 417 g/mol. The predicted molar refractivity (Wildman–Crippen MR) is 92.6 cm³/mol. The van der Waals surface area contributed by atoms with Gasteiger partial charge in [0, 0.05) is 11.3 Å². The van der Waals surface area contributed by atoms with E-state index in [9.17, 15) is 36.2 Å². The van der Waals surface area contributed by atoms with Crippen molar-refractivity contribution in [1.29, 1.82) is 0 Å². The molecule has 2 N–H and O–H groups in total. The van der Waals surface area contributed by atoms with Gasteiger partial charge in [0.15, 0.2) is 0 Å². The molecule has 0 unspecified atom stereocenters. The van der Waals surface area contributed by atoms with Crippen LogP contribution in [0.25, 0.3) is 0 Å². The number of carbonyl (C=O) groups excluding carboxylic acids is 1. The molecule has 0 aliphatic carbocycles. The second-order valence-corrected chi connectivity index (χ2v) is 7.03. The van der Waals surface area contributed by atoms with Gasteiger partial charge in [-0.3, -0.25) is 4.79 Å². The molecule has 4 nitrogen and oxygen atoms in total. The van der Waals surface area contributed by atoms with Crippen LogP contribution in [-0.2, 0) is 22.6 Å². The van der Waals surface area contributed by atoms with E-state index in [1.54, 1.807) is 19.9 Å². The van der Waals surface area contributed by atoms with Gasteiger partial charge in [-0.25, -0.2) is 0 Å². The highest BCUT2D eigenvalue weighted by molar-refractivity contribution is 6.62. The Kier molecular flexibility index (Phi) is 4.95. The third kappa shape index (κ3) is 4.25. The Balaban J connectivity index is 1.95. The normalized spacial score (nSPS) is 16.0. The Hall–Kier alpha value is -2.53. The number of hydrogen-bond acceptors (Lipinski definition) is 3. The second kappa shape index (κ2) is 6.77. The molecule has 0 aromatic heterocycles. The Morgan fingerprint density at radius 3 is 2.07 bits per heavy atom. The molecule has 1 aliphatic heterocycles. The first-order valence-corrected chi connectivity index (χ1v) is 8.29. The first kappa shape index (κ1) is 21.2. The van der Waals surface area contributed by atoms with Crippen LogP contribution in [0.3, 0.4) is 0 Å². The van der Waals surface area contributed by atoms with Crippen LogP contribution in [0.1, 0.15) is 40.9 Å². The zero-order valence-electron chi connectivity index (χ0n) is 15.1. The van der Waals surface area contributed by atoms with Crippen molar-refractivity contribution in [2.24, 2.45) is 0 Å². The maximum atomic E-state index is 13.0. The Labute approximate surface area is 161 Å². The quantitative estimate of drug-likeness (QED) is 0.576. The number of anilines is 1. The number of nitrogens with one attached hydrogen (secondary N) is 1. The maximum Gasteiger partial charge on any atom is 0.492 e. The summed E-state index contributed by atoms with van der Waals surface area (Å²) in [6, 6.07) is 4.96. The van der Waals surface area contributed by atoms with Gasteiger partial charge in [0.05, 0.1) is 16.7 Å². The lowest BCUT2D eigenvalue weighted by atomic mass is 9.78. The molecule has 3 rings (SSSR count). The summed E-state index contributed by atoms with van der Waals surface area (Å²) in [6.07, 6.45) is -10.1. The predicted octanol–water partition coefficient (Wildman–Crippen LogP) is 3.93. The zero-order chi connectivity index (χ0) is 21.8. The van der Waals surface area contributed by atoms with E-state index in [0.29, 0.717) is 23.2 Å². The third-order valence-electron chi connectivity index (χ3n) is 4.48. The number of hydrogen-bond donors (Lipinski definition) is 2. The van der Waals surface area contributed by atoms with Crippen molar-refractivity contribution in [3.8, 4) is 0 Å². The molecule has 0 bridgehead atoms. The Morgan fingerprint density at radius 2 is 1.55 bits per heavy atom. The highest BCUT2D eigenvalue weighted by Crippen LogP contribution is 2.36. The molecule has 1 aliphatic rings. The van der Waals surface area contributed by atoms with Gasteiger partial charge < -0.3 is 15.0 Å². The SMILES string of the molecule is CC1(C)OB(O)c2cc(NC(=O)c3cc(C(F)(F)F)cc(C(F)(F)F)c3)ccc21. The molecule has 2 aromatic rings. The number of alkyl halides is 6. The summed E-state index contributed by atoms with van der Waals surface area (Å²) in [5.41, 5.74) is -3.70.